The second kappa shape index (κ2) is 10.6. The first kappa shape index (κ1) is 24.2. The van der Waals surface area contributed by atoms with Crippen LogP contribution in [0.5, 0.6) is 11.5 Å². The van der Waals surface area contributed by atoms with Crippen LogP contribution in [0.1, 0.15) is 36.6 Å². The Morgan fingerprint density at radius 2 is 1.67 bits per heavy atom. The molecule has 2 heterocycles. The fraction of sp³-hybridized carbons (Fsp3) is 0.241. The molecule has 0 amide bonds. The fourth-order valence-electron chi connectivity index (χ4n) is 4.85. The molecule has 4 aromatic rings. The number of hydrogen-bond acceptors (Lipinski definition) is 5. The number of aromatic nitrogens is 1. The van der Waals surface area contributed by atoms with Gasteiger partial charge >= 0.3 is 10.1 Å². The molecular weight excluding hydrogens is 472 g/mol. The van der Waals surface area contributed by atoms with Crippen LogP contribution in [0.4, 0.5) is 0 Å². The van der Waals surface area contributed by atoms with Crippen LogP contribution in [0.25, 0.3) is 11.3 Å². The number of H-pyrrole nitrogens is 1. The molecule has 1 N–H and O–H groups in total. The van der Waals surface area contributed by atoms with E-state index in [-0.39, 0.29) is 10.6 Å². The molecule has 5 rings (SSSR count). The number of para-hydroxylation sites is 1. The van der Waals surface area contributed by atoms with Gasteiger partial charge in [-0.25, -0.2) is 0 Å². The number of methoxy groups -OCH3 is 1. The predicted octanol–water partition coefficient (Wildman–Crippen LogP) is 6.19. The SMILES string of the molecule is COc1ccc(S(=O)(=O)Oc2ccccc2)cc1-c1ccc(CN2CCCCC2c2ccccc2)[nH]1. The standard InChI is InChI=1S/C29H30N2O4S/c1-34-29-18-16-25(36(32,33)35-24-12-6-3-7-13-24)20-26(29)27-17-15-23(30-27)21-31-19-9-8-14-28(31)22-10-4-2-5-11-22/h2-7,10-13,15-18,20,28,30H,8-9,14,19,21H2,1H3. The maximum absolute atomic E-state index is 12.9. The molecule has 0 radical (unpaired) electrons. The molecule has 0 aliphatic carbocycles. The summed E-state index contributed by atoms with van der Waals surface area (Å²) < 4.78 is 36.8. The second-order valence-corrected chi connectivity index (χ2v) is 10.5. The van der Waals surface area contributed by atoms with Gasteiger partial charge in [-0.2, -0.15) is 8.42 Å². The van der Waals surface area contributed by atoms with Gasteiger partial charge < -0.3 is 13.9 Å². The zero-order valence-corrected chi connectivity index (χ0v) is 21.1. The molecule has 186 valence electrons. The first-order valence-electron chi connectivity index (χ1n) is 12.2. The number of benzene rings is 3. The van der Waals surface area contributed by atoms with Gasteiger partial charge in [0, 0.05) is 29.5 Å². The maximum Gasteiger partial charge on any atom is 0.339 e. The van der Waals surface area contributed by atoms with Crippen molar-refractivity contribution in [2.45, 2.75) is 36.7 Å². The highest BCUT2D eigenvalue weighted by atomic mass is 32.2. The number of ether oxygens (including phenoxy) is 1. The monoisotopic (exact) mass is 502 g/mol. The summed E-state index contributed by atoms with van der Waals surface area (Å²) in [6, 6.07) is 28.4. The van der Waals surface area contributed by atoms with E-state index in [0.29, 0.717) is 17.4 Å². The molecule has 1 unspecified atom stereocenters. The Morgan fingerprint density at radius 3 is 2.42 bits per heavy atom. The van der Waals surface area contributed by atoms with Crippen molar-refractivity contribution in [1.82, 2.24) is 9.88 Å². The molecule has 0 bridgehead atoms. The minimum Gasteiger partial charge on any atom is -0.496 e. The highest BCUT2D eigenvalue weighted by Gasteiger charge is 2.25. The van der Waals surface area contributed by atoms with E-state index in [1.165, 1.54) is 24.5 Å². The predicted molar refractivity (Wildman–Crippen MR) is 140 cm³/mol. The van der Waals surface area contributed by atoms with Crippen LogP contribution in [0.15, 0.2) is 95.9 Å². The smallest absolute Gasteiger partial charge is 0.339 e. The normalized spacial score (nSPS) is 16.5. The van der Waals surface area contributed by atoms with Crippen molar-refractivity contribution >= 4 is 10.1 Å². The third kappa shape index (κ3) is 5.32. The van der Waals surface area contributed by atoms with E-state index >= 15 is 0 Å². The van der Waals surface area contributed by atoms with E-state index in [2.05, 4.69) is 46.3 Å². The van der Waals surface area contributed by atoms with Crippen LogP contribution in [-0.2, 0) is 16.7 Å². The van der Waals surface area contributed by atoms with E-state index < -0.39 is 10.1 Å². The van der Waals surface area contributed by atoms with Crippen molar-refractivity contribution in [1.29, 1.82) is 0 Å². The summed E-state index contributed by atoms with van der Waals surface area (Å²) >= 11 is 0. The van der Waals surface area contributed by atoms with Crippen LogP contribution in [-0.4, -0.2) is 32.0 Å². The lowest BCUT2D eigenvalue weighted by atomic mass is 9.95. The van der Waals surface area contributed by atoms with Crippen molar-refractivity contribution < 1.29 is 17.3 Å². The number of nitrogens with one attached hydrogen (secondary N) is 1. The van der Waals surface area contributed by atoms with Crippen LogP contribution < -0.4 is 8.92 Å². The minimum absolute atomic E-state index is 0.0680. The average Bonchev–Trinajstić information content (AvgIpc) is 3.38. The highest BCUT2D eigenvalue weighted by Crippen LogP contribution is 2.35. The third-order valence-corrected chi connectivity index (χ3v) is 7.86. The van der Waals surface area contributed by atoms with E-state index in [9.17, 15) is 8.42 Å². The van der Waals surface area contributed by atoms with Crippen LogP contribution >= 0.6 is 0 Å². The van der Waals surface area contributed by atoms with Gasteiger partial charge in [-0.1, -0.05) is 55.0 Å². The molecule has 1 atom stereocenters. The van der Waals surface area contributed by atoms with Gasteiger partial charge in [-0.3, -0.25) is 4.90 Å². The molecule has 1 aliphatic heterocycles. The van der Waals surface area contributed by atoms with Gasteiger partial charge in [0.1, 0.15) is 16.4 Å². The van der Waals surface area contributed by atoms with Crippen LogP contribution in [0, 0.1) is 0 Å². The lowest BCUT2D eigenvalue weighted by Crippen LogP contribution is -2.33. The molecule has 3 aromatic carbocycles. The minimum atomic E-state index is -4.00. The number of aromatic amines is 1. The molecule has 1 fully saturated rings. The Balaban J connectivity index is 1.40. The Kier molecular flexibility index (Phi) is 7.11. The lowest BCUT2D eigenvalue weighted by molar-refractivity contribution is 0.139. The molecule has 36 heavy (non-hydrogen) atoms. The van der Waals surface area contributed by atoms with Crippen molar-refractivity contribution in [3.63, 3.8) is 0 Å². The van der Waals surface area contributed by atoms with Crippen molar-refractivity contribution in [2.24, 2.45) is 0 Å². The van der Waals surface area contributed by atoms with E-state index in [4.69, 9.17) is 8.92 Å². The molecule has 1 aromatic heterocycles. The van der Waals surface area contributed by atoms with Crippen LogP contribution in [0.3, 0.4) is 0 Å². The van der Waals surface area contributed by atoms with Gasteiger partial charge in [0.25, 0.3) is 0 Å². The quantitative estimate of drug-likeness (QED) is 0.291. The molecule has 6 nitrogen and oxygen atoms in total. The van der Waals surface area contributed by atoms with Crippen LogP contribution in [0.2, 0.25) is 0 Å². The summed E-state index contributed by atoms with van der Waals surface area (Å²) in [6.45, 7) is 1.83. The van der Waals surface area contributed by atoms with E-state index in [1.54, 1.807) is 49.6 Å². The number of likely N-dealkylation sites (tertiary alicyclic amines) is 1. The summed E-state index contributed by atoms with van der Waals surface area (Å²) in [5.74, 6) is 0.855. The summed E-state index contributed by atoms with van der Waals surface area (Å²) in [6.07, 6.45) is 3.56. The topological polar surface area (TPSA) is 71.6 Å². The first-order valence-corrected chi connectivity index (χ1v) is 13.6. The molecular formula is C29H30N2O4S. The summed E-state index contributed by atoms with van der Waals surface area (Å²) in [4.78, 5) is 6.08. The molecule has 0 saturated carbocycles. The summed E-state index contributed by atoms with van der Waals surface area (Å²) in [5.41, 5.74) is 3.89. The van der Waals surface area contributed by atoms with E-state index in [1.807, 2.05) is 6.07 Å². The molecule has 1 aliphatic rings. The Hall–Kier alpha value is -3.55. The number of nitrogens with zero attached hydrogens (tertiary/aromatic N) is 1. The summed E-state index contributed by atoms with van der Waals surface area (Å²) in [5, 5.41) is 0. The largest absolute Gasteiger partial charge is 0.496 e. The van der Waals surface area contributed by atoms with Crippen molar-refractivity contribution in [3.8, 4) is 22.8 Å². The molecule has 0 spiro atoms. The summed E-state index contributed by atoms with van der Waals surface area (Å²) in [7, 11) is -2.42. The fourth-order valence-corrected chi connectivity index (χ4v) is 5.80. The van der Waals surface area contributed by atoms with Gasteiger partial charge in [0.2, 0.25) is 0 Å². The highest BCUT2D eigenvalue weighted by molar-refractivity contribution is 7.87. The molecule has 1 saturated heterocycles. The van der Waals surface area contributed by atoms with Gasteiger partial charge in [-0.05, 0) is 67.4 Å². The van der Waals surface area contributed by atoms with Gasteiger partial charge in [-0.15, -0.1) is 0 Å². The Bertz CT molecular complexity index is 1400. The number of rotatable bonds is 8. The zero-order chi connectivity index (χ0) is 25.0. The van der Waals surface area contributed by atoms with Gasteiger partial charge in [0.15, 0.2) is 0 Å². The zero-order valence-electron chi connectivity index (χ0n) is 20.3. The first-order chi connectivity index (χ1) is 17.5. The van der Waals surface area contributed by atoms with Gasteiger partial charge in [0.05, 0.1) is 7.11 Å². The lowest BCUT2D eigenvalue weighted by Gasteiger charge is -2.35. The van der Waals surface area contributed by atoms with E-state index in [0.717, 1.165) is 30.9 Å². The second-order valence-electron chi connectivity index (χ2n) is 9.00. The van der Waals surface area contributed by atoms with Crippen molar-refractivity contribution in [3.05, 3.63) is 102 Å². The maximum atomic E-state index is 12.9. The third-order valence-electron chi connectivity index (χ3n) is 6.62. The molecule has 7 heteroatoms. The number of piperidine rings is 1. The van der Waals surface area contributed by atoms with Crippen molar-refractivity contribution in [2.75, 3.05) is 13.7 Å². The Morgan fingerprint density at radius 1 is 0.917 bits per heavy atom. The Labute approximate surface area is 212 Å². The average molecular weight is 503 g/mol. The number of hydrogen-bond donors (Lipinski definition) is 1.